The Kier molecular flexibility index (Phi) is 2.88. The molecule has 0 bridgehead atoms. The van der Waals surface area contributed by atoms with Gasteiger partial charge in [0, 0.05) is 0 Å². The molecular formula is C6H8B2O4. The van der Waals surface area contributed by atoms with Crippen molar-refractivity contribution in [3.05, 3.63) is 35.2 Å². The minimum absolute atomic E-state index is 0.208. The predicted octanol–water partition coefficient (Wildman–Crippen LogP) is -1.57. The van der Waals surface area contributed by atoms with Crippen LogP contribution in [0.4, 0.5) is 0 Å². The van der Waals surface area contributed by atoms with Gasteiger partial charge in [-0.3, -0.25) is 0 Å². The Morgan fingerprint density at radius 3 is 1.67 bits per heavy atom. The molecule has 0 amide bonds. The van der Waals surface area contributed by atoms with Gasteiger partial charge in [-0.05, 0) is 10.9 Å². The van der Waals surface area contributed by atoms with E-state index in [1.54, 1.807) is 24.3 Å². The second-order valence-corrected chi connectivity index (χ2v) is 2.38. The molecule has 0 saturated carbocycles. The lowest BCUT2D eigenvalue weighted by atomic mass is 9.56. The normalized spacial score (nSPS) is 13.8. The molecule has 0 atom stereocenters. The molecule has 6 heteroatoms. The molecule has 0 heterocycles. The quantitative estimate of drug-likeness (QED) is 0.373. The SMILES string of the molecule is OB(O)C(B(O)O)=C1C=CC=C1. The summed E-state index contributed by atoms with van der Waals surface area (Å²) in [4.78, 5) is 0. The zero-order valence-corrected chi connectivity index (χ0v) is 6.25. The second-order valence-electron chi connectivity index (χ2n) is 2.38. The number of rotatable bonds is 2. The lowest BCUT2D eigenvalue weighted by molar-refractivity contribution is 0.398. The van der Waals surface area contributed by atoms with Crippen LogP contribution < -0.4 is 0 Å². The molecule has 62 valence electrons. The van der Waals surface area contributed by atoms with E-state index in [0.29, 0.717) is 5.57 Å². The van der Waals surface area contributed by atoms with Gasteiger partial charge < -0.3 is 20.1 Å². The number of hydrogen-bond donors (Lipinski definition) is 4. The smallest absolute Gasteiger partial charge is 0.424 e. The summed E-state index contributed by atoms with van der Waals surface area (Å²) >= 11 is 0. The lowest BCUT2D eigenvalue weighted by Gasteiger charge is -2.06. The van der Waals surface area contributed by atoms with Gasteiger partial charge >= 0.3 is 14.2 Å². The van der Waals surface area contributed by atoms with Gasteiger partial charge in [0.05, 0.1) is 0 Å². The van der Waals surface area contributed by atoms with E-state index in [-0.39, 0.29) is 5.37 Å². The largest absolute Gasteiger partial charge is 0.480 e. The molecule has 0 radical (unpaired) electrons. The van der Waals surface area contributed by atoms with Gasteiger partial charge in [0.2, 0.25) is 0 Å². The average Bonchev–Trinajstić information content (AvgIpc) is 2.37. The fourth-order valence-corrected chi connectivity index (χ4v) is 0.998. The first-order chi connectivity index (χ1) is 5.63. The fourth-order valence-electron chi connectivity index (χ4n) is 0.998. The van der Waals surface area contributed by atoms with Crippen LogP contribution >= 0.6 is 0 Å². The summed E-state index contributed by atoms with van der Waals surface area (Å²) in [5.41, 5.74) is 0.417. The molecule has 1 rings (SSSR count). The molecule has 0 fully saturated rings. The fraction of sp³-hybridized carbons (Fsp3) is 0. The summed E-state index contributed by atoms with van der Waals surface area (Å²) < 4.78 is 0. The zero-order chi connectivity index (χ0) is 9.14. The van der Waals surface area contributed by atoms with Crippen LogP contribution in [0.5, 0.6) is 0 Å². The van der Waals surface area contributed by atoms with Gasteiger partial charge in [-0.1, -0.05) is 24.3 Å². The van der Waals surface area contributed by atoms with Crippen molar-refractivity contribution in [3.8, 4) is 0 Å². The molecule has 0 saturated heterocycles. The Balaban J connectivity index is 2.99. The van der Waals surface area contributed by atoms with Crippen LogP contribution in [-0.2, 0) is 0 Å². The van der Waals surface area contributed by atoms with Crippen LogP contribution in [0.2, 0.25) is 0 Å². The van der Waals surface area contributed by atoms with Crippen LogP contribution in [0, 0.1) is 0 Å². The van der Waals surface area contributed by atoms with Gasteiger partial charge in [-0.2, -0.15) is 0 Å². The Labute approximate surface area is 70.5 Å². The zero-order valence-electron chi connectivity index (χ0n) is 6.25. The van der Waals surface area contributed by atoms with E-state index in [4.69, 9.17) is 20.1 Å². The van der Waals surface area contributed by atoms with Crippen molar-refractivity contribution in [2.24, 2.45) is 0 Å². The molecule has 4 nitrogen and oxygen atoms in total. The third kappa shape index (κ3) is 1.86. The first-order valence-corrected chi connectivity index (χ1v) is 3.44. The molecule has 0 aliphatic heterocycles. The van der Waals surface area contributed by atoms with E-state index in [1.807, 2.05) is 0 Å². The van der Waals surface area contributed by atoms with E-state index < -0.39 is 14.2 Å². The summed E-state index contributed by atoms with van der Waals surface area (Å²) in [6.07, 6.45) is 6.46. The van der Waals surface area contributed by atoms with Crippen molar-refractivity contribution in [1.29, 1.82) is 0 Å². The van der Waals surface area contributed by atoms with Crippen molar-refractivity contribution in [2.75, 3.05) is 0 Å². The van der Waals surface area contributed by atoms with Crippen molar-refractivity contribution >= 4 is 14.2 Å². The Hall–Kier alpha value is -0.810. The van der Waals surface area contributed by atoms with Gasteiger partial charge in [0.1, 0.15) is 0 Å². The topological polar surface area (TPSA) is 80.9 Å². The summed E-state index contributed by atoms with van der Waals surface area (Å²) in [5.74, 6) is 0. The molecule has 0 unspecified atom stereocenters. The van der Waals surface area contributed by atoms with Crippen molar-refractivity contribution in [2.45, 2.75) is 0 Å². The van der Waals surface area contributed by atoms with E-state index >= 15 is 0 Å². The third-order valence-corrected chi connectivity index (χ3v) is 1.55. The highest BCUT2D eigenvalue weighted by Crippen LogP contribution is 2.14. The van der Waals surface area contributed by atoms with Crippen LogP contribution in [0.15, 0.2) is 35.2 Å². The van der Waals surface area contributed by atoms with Crippen LogP contribution in [0.25, 0.3) is 0 Å². The predicted molar refractivity (Wildman–Crippen MR) is 45.7 cm³/mol. The summed E-state index contributed by atoms with van der Waals surface area (Å²) in [5, 5.41) is 34.8. The molecule has 12 heavy (non-hydrogen) atoms. The van der Waals surface area contributed by atoms with Crippen molar-refractivity contribution < 1.29 is 20.1 Å². The third-order valence-electron chi connectivity index (χ3n) is 1.55. The summed E-state index contributed by atoms with van der Waals surface area (Å²) in [7, 11) is -3.68. The molecule has 0 spiro atoms. The minimum atomic E-state index is -1.84. The monoisotopic (exact) mass is 166 g/mol. The van der Waals surface area contributed by atoms with Gasteiger partial charge in [-0.25, -0.2) is 0 Å². The van der Waals surface area contributed by atoms with Crippen LogP contribution in [-0.4, -0.2) is 34.3 Å². The first kappa shape index (κ1) is 9.28. The molecule has 4 N–H and O–H groups in total. The molecule has 0 aromatic rings. The maximum Gasteiger partial charge on any atom is 0.480 e. The maximum atomic E-state index is 8.75. The Morgan fingerprint density at radius 2 is 1.33 bits per heavy atom. The summed E-state index contributed by atoms with van der Waals surface area (Å²) in [6.45, 7) is 0. The molecular weight excluding hydrogens is 158 g/mol. The minimum Gasteiger partial charge on any atom is -0.424 e. The molecule has 0 aromatic heterocycles. The lowest BCUT2D eigenvalue weighted by Crippen LogP contribution is -2.30. The highest BCUT2D eigenvalue weighted by atomic mass is 16.4. The summed E-state index contributed by atoms with van der Waals surface area (Å²) in [6, 6.07) is 0. The second kappa shape index (κ2) is 3.73. The van der Waals surface area contributed by atoms with Crippen LogP contribution in [0.1, 0.15) is 0 Å². The molecule has 1 aliphatic rings. The van der Waals surface area contributed by atoms with Crippen molar-refractivity contribution in [1.82, 2.24) is 0 Å². The van der Waals surface area contributed by atoms with Gasteiger partial charge in [-0.15, -0.1) is 0 Å². The number of allylic oxidation sites excluding steroid dienone is 5. The molecule has 0 aromatic carbocycles. The maximum absolute atomic E-state index is 8.75. The first-order valence-electron chi connectivity index (χ1n) is 3.44. The van der Waals surface area contributed by atoms with Gasteiger partial charge in [0.25, 0.3) is 0 Å². The highest BCUT2D eigenvalue weighted by molar-refractivity contribution is 6.75. The van der Waals surface area contributed by atoms with Crippen molar-refractivity contribution in [3.63, 3.8) is 0 Å². The Bertz CT molecular complexity index is 230. The standard InChI is InChI=1S/C6H8B2O4/c9-7(10)6(8(11)12)5-3-1-2-4-5/h1-4,9-12H. The van der Waals surface area contributed by atoms with Crippen LogP contribution in [0.3, 0.4) is 0 Å². The van der Waals surface area contributed by atoms with Gasteiger partial charge in [0.15, 0.2) is 0 Å². The Morgan fingerprint density at radius 1 is 0.917 bits per heavy atom. The van der Waals surface area contributed by atoms with E-state index in [1.165, 1.54) is 0 Å². The number of hydrogen-bond acceptors (Lipinski definition) is 4. The van der Waals surface area contributed by atoms with E-state index in [9.17, 15) is 0 Å². The molecule has 1 aliphatic carbocycles. The average molecular weight is 166 g/mol. The van der Waals surface area contributed by atoms with E-state index in [2.05, 4.69) is 0 Å². The van der Waals surface area contributed by atoms with E-state index in [0.717, 1.165) is 0 Å². The highest BCUT2D eigenvalue weighted by Gasteiger charge is 2.28.